The van der Waals surface area contributed by atoms with Gasteiger partial charge in [0.25, 0.3) is 0 Å². The normalized spacial score (nSPS) is 10.4. The van der Waals surface area contributed by atoms with E-state index in [4.69, 9.17) is 14.6 Å². The summed E-state index contributed by atoms with van der Waals surface area (Å²) in [6.45, 7) is 5.20. The first-order valence-electron chi connectivity index (χ1n) is 8.38. The maximum atomic E-state index is 11.6. The van der Waals surface area contributed by atoms with Crippen LogP contribution in [0.2, 0.25) is 0 Å². The van der Waals surface area contributed by atoms with Gasteiger partial charge in [0.2, 0.25) is 5.91 Å². The number of benzene rings is 2. The molecule has 2 aromatic rings. The van der Waals surface area contributed by atoms with Crippen LogP contribution < -0.4 is 14.8 Å². The van der Waals surface area contributed by atoms with Gasteiger partial charge in [-0.15, -0.1) is 0 Å². The van der Waals surface area contributed by atoms with Crippen LogP contribution in [0.25, 0.3) is 0 Å². The molecule has 5 heteroatoms. The van der Waals surface area contributed by atoms with E-state index in [-0.39, 0.29) is 25.5 Å². The molecule has 25 heavy (non-hydrogen) atoms. The number of carbonyl (C=O) groups excluding carboxylic acids is 1. The molecule has 0 bridgehead atoms. The predicted molar refractivity (Wildman–Crippen MR) is 97.1 cm³/mol. The lowest BCUT2D eigenvalue weighted by atomic mass is 10.1. The van der Waals surface area contributed by atoms with E-state index in [0.717, 1.165) is 22.6 Å². The third-order valence-corrected chi connectivity index (χ3v) is 3.68. The van der Waals surface area contributed by atoms with Crippen molar-refractivity contribution in [3.8, 4) is 11.5 Å². The number of aliphatic hydroxyl groups is 1. The second kappa shape index (κ2) is 9.69. The van der Waals surface area contributed by atoms with Crippen molar-refractivity contribution >= 4 is 5.91 Å². The summed E-state index contributed by atoms with van der Waals surface area (Å²) in [4.78, 5) is 11.6. The Morgan fingerprint density at radius 2 is 1.76 bits per heavy atom. The summed E-state index contributed by atoms with van der Waals surface area (Å²) in [6, 6.07) is 13.5. The molecule has 0 radical (unpaired) electrons. The van der Waals surface area contributed by atoms with Crippen LogP contribution in [0.5, 0.6) is 11.5 Å². The van der Waals surface area contributed by atoms with E-state index in [1.165, 1.54) is 5.56 Å². The summed E-state index contributed by atoms with van der Waals surface area (Å²) in [5, 5.41) is 11.3. The molecule has 0 fully saturated rings. The summed E-state index contributed by atoms with van der Waals surface area (Å²) < 4.78 is 11.4. The average Bonchev–Trinajstić information content (AvgIpc) is 2.61. The lowest BCUT2D eigenvalue weighted by Crippen LogP contribution is -2.27. The lowest BCUT2D eigenvalue weighted by molar-refractivity contribution is -0.120. The topological polar surface area (TPSA) is 67.8 Å². The standard InChI is InChI=1S/C20H25NO4/c1-15-3-4-16(2)19(13-15)25-12-11-24-18-7-5-17(6-8-18)14-20(23)21-9-10-22/h3-8,13,22H,9-12,14H2,1-2H3,(H,21,23). The summed E-state index contributed by atoms with van der Waals surface area (Å²) >= 11 is 0. The van der Waals surface area contributed by atoms with Crippen molar-refractivity contribution in [2.45, 2.75) is 20.3 Å². The molecule has 0 atom stereocenters. The molecular formula is C20H25NO4. The second-order valence-corrected chi connectivity index (χ2v) is 5.86. The van der Waals surface area contributed by atoms with Gasteiger partial charge in [-0.1, -0.05) is 24.3 Å². The van der Waals surface area contributed by atoms with E-state index in [1.807, 2.05) is 50.2 Å². The zero-order chi connectivity index (χ0) is 18.1. The van der Waals surface area contributed by atoms with Gasteiger partial charge >= 0.3 is 0 Å². The number of nitrogens with one attached hydrogen (secondary N) is 1. The first-order chi connectivity index (χ1) is 12.1. The number of carbonyl (C=O) groups is 1. The van der Waals surface area contributed by atoms with Gasteiger partial charge in [0.05, 0.1) is 13.0 Å². The molecule has 0 saturated heterocycles. The fraction of sp³-hybridized carbons (Fsp3) is 0.350. The van der Waals surface area contributed by atoms with E-state index in [9.17, 15) is 4.79 Å². The van der Waals surface area contributed by atoms with E-state index >= 15 is 0 Å². The Balaban J connectivity index is 1.74. The quantitative estimate of drug-likeness (QED) is 0.686. The highest BCUT2D eigenvalue weighted by Gasteiger charge is 2.04. The first-order valence-corrected chi connectivity index (χ1v) is 8.38. The molecule has 0 aliphatic rings. The molecular weight excluding hydrogens is 318 g/mol. The summed E-state index contributed by atoms with van der Waals surface area (Å²) in [5.74, 6) is 1.52. The van der Waals surface area contributed by atoms with Crippen LogP contribution in [0.3, 0.4) is 0 Å². The van der Waals surface area contributed by atoms with Crippen molar-refractivity contribution in [3.63, 3.8) is 0 Å². The van der Waals surface area contributed by atoms with Gasteiger partial charge in [0.1, 0.15) is 24.7 Å². The number of hydrogen-bond donors (Lipinski definition) is 2. The van der Waals surface area contributed by atoms with Crippen LogP contribution in [0.1, 0.15) is 16.7 Å². The van der Waals surface area contributed by atoms with Crippen LogP contribution in [-0.4, -0.2) is 37.4 Å². The van der Waals surface area contributed by atoms with E-state index in [1.54, 1.807) is 0 Å². The molecule has 0 saturated carbocycles. The zero-order valence-corrected chi connectivity index (χ0v) is 14.7. The molecule has 0 unspecified atom stereocenters. The third-order valence-electron chi connectivity index (χ3n) is 3.68. The second-order valence-electron chi connectivity index (χ2n) is 5.86. The van der Waals surface area contributed by atoms with Crippen molar-refractivity contribution in [2.24, 2.45) is 0 Å². The molecule has 0 aliphatic heterocycles. The smallest absolute Gasteiger partial charge is 0.224 e. The molecule has 2 rings (SSSR count). The Bertz CT molecular complexity index is 683. The van der Waals surface area contributed by atoms with Crippen LogP contribution in [0, 0.1) is 13.8 Å². The molecule has 0 aromatic heterocycles. The monoisotopic (exact) mass is 343 g/mol. The highest BCUT2D eigenvalue weighted by molar-refractivity contribution is 5.78. The number of rotatable bonds is 9. The first kappa shape index (κ1) is 18.8. The molecule has 0 aliphatic carbocycles. The fourth-order valence-corrected chi connectivity index (χ4v) is 2.32. The molecule has 5 nitrogen and oxygen atoms in total. The third kappa shape index (κ3) is 6.47. The number of ether oxygens (including phenoxy) is 2. The van der Waals surface area contributed by atoms with Gasteiger partial charge in [-0.25, -0.2) is 0 Å². The minimum Gasteiger partial charge on any atom is -0.490 e. The fourth-order valence-electron chi connectivity index (χ4n) is 2.32. The lowest BCUT2D eigenvalue weighted by Gasteiger charge is -2.11. The number of aliphatic hydroxyl groups excluding tert-OH is 1. The highest BCUT2D eigenvalue weighted by atomic mass is 16.5. The van der Waals surface area contributed by atoms with Gasteiger partial charge in [-0.3, -0.25) is 4.79 Å². The summed E-state index contributed by atoms with van der Waals surface area (Å²) in [5.41, 5.74) is 3.17. The Morgan fingerprint density at radius 1 is 1.04 bits per heavy atom. The average molecular weight is 343 g/mol. The maximum Gasteiger partial charge on any atom is 0.224 e. The van der Waals surface area contributed by atoms with Crippen molar-refractivity contribution < 1.29 is 19.4 Å². The van der Waals surface area contributed by atoms with Crippen molar-refractivity contribution in [1.29, 1.82) is 0 Å². The van der Waals surface area contributed by atoms with Gasteiger partial charge in [-0.05, 0) is 48.7 Å². The molecule has 1 amide bonds. The number of hydrogen-bond acceptors (Lipinski definition) is 4. The minimum atomic E-state index is -0.107. The molecule has 0 spiro atoms. The Kier molecular flexibility index (Phi) is 7.29. The van der Waals surface area contributed by atoms with E-state index in [0.29, 0.717) is 13.2 Å². The van der Waals surface area contributed by atoms with E-state index < -0.39 is 0 Å². The molecule has 134 valence electrons. The largest absolute Gasteiger partial charge is 0.490 e. The summed E-state index contributed by atoms with van der Waals surface area (Å²) in [7, 11) is 0. The highest BCUT2D eigenvalue weighted by Crippen LogP contribution is 2.19. The van der Waals surface area contributed by atoms with Gasteiger partial charge in [0, 0.05) is 6.54 Å². The van der Waals surface area contributed by atoms with Crippen molar-refractivity contribution in [1.82, 2.24) is 5.32 Å². The van der Waals surface area contributed by atoms with Crippen LogP contribution in [0.15, 0.2) is 42.5 Å². The van der Waals surface area contributed by atoms with E-state index in [2.05, 4.69) is 11.4 Å². The van der Waals surface area contributed by atoms with Crippen LogP contribution in [-0.2, 0) is 11.2 Å². The minimum absolute atomic E-state index is 0.0529. The van der Waals surface area contributed by atoms with Crippen LogP contribution >= 0.6 is 0 Å². The zero-order valence-electron chi connectivity index (χ0n) is 14.7. The predicted octanol–water partition coefficient (Wildman–Crippen LogP) is 2.41. The maximum absolute atomic E-state index is 11.6. The molecule has 2 N–H and O–H groups in total. The van der Waals surface area contributed by atoms with Gasteiger partial charge in [-0.2, -0.15) is 0 Å². The summed E-state index contributed by atoms with van der Waals surface area (Å²) in [6.07, 6.45) is 0.288. The van der Waals surface area contributed by atoms with Gasteiger partial charge < -0.3 is 19.9 Å². The number of aryl methyl sites for hydroxylation is 2. The Labute approximate surface area is 148 Å². The Hall–Kier alpha value is -2.53. The molecule has 2 aromatic carbocycles. The van der Waals surface area contributed by atoms with Crippen molar-refractivity contribution in [3.05, 3.63) is 59.2 Å². The van der Waals surface area contributed by atoms with Crippen molar-refractivity contribution in [2.75, 3.05) is 26.4 Å². The van der Waals surface area contributed by atoms with Crippen LogP contribution in [0.4, 0.5) is 0 Å². The SMILES string of the molecule is Cc1ccc(C)c(OCCOc2ccc(CC(=O)NCCO)cc2)c1. The Morgan fingerprint density at radius 3 is 2.48 bits per heavy atom. The number of amides is 1. The van der Waals surface area contributed by atoms with Gasteiger partial charge in [0.15, 0.2) is 0 Å². The molecule has 0 heterocycles.